The SMILES string of the molecule is [Ge+4].[Ge+4].[O-2].[O-2].[O-2].[O-2].[O-2].[O-2].[O-2].[O-2].[O-2].[V+5].[V+5]. The van der Waals surface area contributed by atoms with Crippen molar-refractivity contribution in [3.63, 3.8) is 0 Å². The Hall–Kier alpha value is 1.89. The molecule has 0 radical (unpaired) electrons. The van der Waals surface area contributed by atoms with E-state index in [4.69, 9.17) is 0 Å². The van der Waals surface area contributed by atoms with Crippen LogP contribution in [0.15, 0.2) is 0 Å². The van der Waals surface area contributed by atoms with Gasteiger partial charge in [-0.15, -0.1) is 0 Å². The Kier molecular flexibility index (Phi) is 39700. The monoisotopic (exact) mass is 394 g/mol. The van der Waals surface area contributed by atoms with Gasteiger partial charge in [0.05, 0.1) is 0 Å². The molecule has 0 spiro atoms. The van der Waals surface area contributed by atoms with Crippen molar-refractivity contribution in [2.24, 2.45) is 0 Å². The largest absolute Gasteiger partial charge is 5.00 e. The fraction of sp³-hybridized carbons (Fsp3) is 0. The minimum absolute atomic E-state index is 0. The molecule has 0 unspecified atom stereocenters. The molecule has 0 rings (SSSR count). The molecule has 0 N–H and O–H groups in total. The molecule has 72 valence electrons. The molecule has 0 saturated carbocycles. The van der Waals surface area contributed by atoms with E-state index < -0.39 is 0 Å². The van der Waals surface area contributed by atoms with Crippen LogP contribution in [0.1, 0.15) is 0 Å². The van der Waals surface area contributed by atoms with Crippen LogP contribution in [-0.4, -0.2) is 35.2 Å². The van der Waals surface area contributed by atoms with Gasteiger partial charge >= 0.3 is 72.3 Å². The third-order valence-electron chi connectivity index (χ3n) is 0. The van der Waals surface area contributed by atoms with Gasteiger partial charge in [-0.25, -0.2) is 0 Å². The summed E-state index contributed by atoms with van der Waals surface area (Å²) in [6.45, 7) is 0. The summed E-state index contributed by atoms with van der Waals surface area (Å²) >= 11 is 0. The van der Waals surface area contributed by atoms with Gasteiger partial charge in [-0.05, 0) is 0 Å². The molecule has 0 bridgehead atoms. The van der Waals surface area contributed by atoms with Crippen LogP contribution in [0, 0.1) is 0 Å². The van der Waals surface area contributed by atoms with Gasteiger partial charge in [-0.1, -0.05) is 0 Å². The molecule has 0 atom stereocenters. The molecule has 0 heterocycles. The Morgan fingerprint density at radius 2 is 0.231 bits per heavy atom. The second-order valence-electron chi connectivity index (χ2n) is 0. The first kappa shape index (κ1) is 801. The van der Waals surface area contributed by atoms with Crippen LogP contribution in [0.5, 0.6) is 0 Å². The average molecular weight is 391 g/mol. The first-order valence-electron chi connectivity index (χ1n) is 0. The van der Waals surface area contributed by atoms with Crippen molar-refractivity contribution in [1.82, 2.24) is 0 Å². The van der Waals surface area contributed by atoms with Crippen LogP contribution in [0.3, 0.4) is 0 Å². The van der Waals surface area contributed by atoms with Crippen molar-refractivity contribution in [3.8, 4) is 0 Å². The Morgan fingerprint density at radius 3 is 0.231 bits per heavy atom. The molecule has 0 amide bonds. The predicted octanol–water partition coefficient (Wildman–Crippen LogP) is -1.84. The topological polar surface area (TPSA) is 256 Å². The first-order chi connectivity index (χ1) is 0. The third kappa shape index (κ3) is 548. The average Bonchev–Trinajstić information content (AvgIpc) is 0. The van der Waals surface area contributed by atoms with Crippen molar-refractivity contribution in [2.75, 3.05) is 0 Å². The molecule has 0 fully saturated rings. The third-order valence-corrected chi connectivity index (χ3v) is 0. The predicted molar refractivity (Wildman–Crippen MR) is 17.7 cm³/mol. The maximum absolute atomic E-state index is 0. The number of rotatable bonds is 0. The van der Waals surface area contributed by atoms with Gasteiger partial charge in [-0.3, -0.25) is 0 Å². The fourth-order valence-corrected chi connectivity index (χ4v) is 0. The molecule has 0 aromatic rings. The van der Waals surface area contributed by atoms with E-state index in [0.717, 1.165) is 0 Å². The summed E-state index contributed by atoms with van der Waals surface area (Å²) in [5.74, 6) is 0. The fourth-order valence-electron chi connectivity index (χ4n) is 0. The van der Waals surface area contributed by atoms with Gasteiger partial charge in [0.25, 0.3) is 0 Å². The Balaban J connectivity index is 0. The summed E-state index contributed by atoms with van der Waals surface area (Å²) in [5.41, 5.74) is 0. The maximum atomic E-state index is 0. The Morgan fingerprint density at radius 1 is 0.231 bits per heavy atom. The number of hydrogen-bond acceptors (Lipinski definition) is 0. The van der Waals surface area contributed by atoms with Crippen LogP contribution in [0.4, 0.5) is 0 Å². The van der Waals surface area contributed by atoms with Gasteiger partial charge in [0.1, 0.15) is 0 Å². The summed E-state index contributed by atoms with van der Waals surface area (Å²) in [7, 11) is 0. The molecule has 0 aliphatic carbocycles. The van der Waals surface area contributed by atoms with E-state index in [1.807, 2.05) is 0 Å². The van der Waals surface area contributed by atoms with E-state index in [1.54, 1.807) is 0 Å². The smallest absolute Gasteiger partial charge is 2.00 e. The van der Waals surface area contributed by atoms with Gasteiger partial charge in [0, 0.05) is 0 Å². The molecule has 9 nitrogen and oxygen atoms in total. The molecular weight excluding hydrogens is 391 g/mol. The van der Waals surface area contributed by atoms with Crippen molar-refractivity contribution >= 4 is 35.2 Å². The van der Waals surface area contributed by atoms with Crippen LogP contribution < -0.4 is 0 Å². The van der Waals surface area contributed by atoms with E-state index >= 15 is 0 Å². The van der Waals surface area contributed by atoms with Crippen LogP contribution >= 0.6 is 0 Å². The first-order valence-corrected chi connectivity index (χ1v) is 0. The molecule has 13 heteroatoms. The van der Waals surface area contributed by atoms with Crippen LogP contribution in [0.25, 0.3) is 0 Å². The molecule has 13 heavy (non-hydrogen) atoms. The zero-order valence-corrected chi connectivity index (χ0v) is 12.6. The van der Waals surface area contributed by atoms with E-state index in [-0.39, 0.29) is 122 Å². The van der Waals surface area contributed by atoms with Gasteiger partial charge < -0.3 is 49.3 Å². The maximum Gasteiger partial charge on any atom is 5.00 e. The zero-order valence-electron chi connectivity index (χ0n) is 5.57. The van der Waals surface area contributed by atoms with Gasteiger partial charge in [-0.2, -0.15) is 0 Å². The molecule has 0 aliphatic heterocycles. The minimum Gasteiger partial charge on any atom is -2.00 e. The molecule has 0 aromatic carbocycles. The summed E-state index contributed by atoms with van der Waals surface area (Å²) in [4.78, 5) is 0. The van der Waals surface area contributed by atoms with E-state index in [9.17, 15) is 0 Å². The van der Waals surface area contributed by atoms with Crippen LogP contribution in [-0.2, 0) is 86.4 Å². The van der Waals surface area contributed by atoms with Crippen molar-refractivity contribution in [3.05, 3.63) is 0 Å². The Bertz CT molecular complexity index is 15.6. The van der Waals surface area contributed by atoms with E-state index in [0.29, 0.717) is 0 Å². The standard InChI is InChI=1S/2Ge.9O.2V/q2*+4;9*-2;2*+5. The summed E-state index contributed by atoms with van der Waals surface area (Å²) in [6.07, 6.45) is 0. The van der Waals surface area contributed by atoms with Crippen molar-refractivity contribution in [1.29, 1.82) is 0 Å². The normalized spacial score (nSPS) is 0. The second kappa shape index (κ2) is 644. The van der Waals surface area contributed by atoms with Crippen LogP contribution in [0.2, 0.25) is 0 Å². The minimum atomic E-state index is 0. The van der Waals surface area contributed by atoms with Gasteiger partial charge in [0.15, 0.2) is 0 Å². The molecule has 0 saturated heterocycles. The van der Waals surface area contributed by atoms with Crippen molar-refractivity contribution in [2.45, 2.75) is 0 Å². The van der Waals surface area contributed by atoms with Crippen molar-refractivity contribution < 1.29 is 86.4 Å². The quantitative estimate of drug-likeness (QED) is 0.412. The summed E-state index contributed by atoms with van der Waals surface area (Å²) in [6, 6.07) is 0. The molecule has 0 aromatic heterocycles. The Labute approximate surface area is 121 Å². The van der Waals surface area contributed by atoms with E-state index in [1.165, 1.54) is 0 Å². The summed E-state index contributed by atoms with van der Waals surface area (Å²) < 4.78 is 0. The zero-order chi connectivity index (χ0) is 0. The second-order valence-corrected chi connectivity index (χ2v) is 0. The summed E-state index contributed by atoms with van der Waals surface area (Å²) in [5, 5.41) is 0. The molecule has 0 aliphatic rings. The molecular formula is Ge2O9V2. The van der Waals surface area contributed by atoms with E-state index in [2.05, 4.69) is 0 Å². The van der Waals surface area contributed by atoms with Gasteiger partial charge in [0.2, 0.25) is 0 Å². The number of hydrogen-bond donors (Lipinski definition) is 0.